The largest absolute Gasteiger partial charge is 0.507 e. The smallest absolute Gasteiger partial charge is 0.124 e. The summed E-state index contributed by atoms with van der Waals surface area (Å²) in [5, 5.41) is 21.6. The van der Waals surface area contributed by atoms with Crippen molar-refractivity contribution in [2.75, 3.05) is 0 Å². The van der Waals surface area contributed by atoms with Crippen molar-refractivity contribution >= 4 is 11.8 Å². The van der Waals surface area contributed by atoms with E-state index in [1.54, 1.807) is 0 Å². The number of nitrogens with zero attached hydrogens (tertiary/aromatic N) is 1. The quantitative estimate of drug-likeness (QED) is 0.706. The molecule has 1 atom stereocenters. The molecule has 1 aliphatic carbocycles. The molecule has 1 unspecified atom stereocenters. The summed E-state index contributed by atoms with van der Waals surface area (Å²) in [5.41, 5.74) is 5.21. The third kappa shape index (κ3) is 4.05. The molecule has 0 heterocycles. The SMILES string of the molecule is CC(C)(C)c1cc(CN=C2C=Cc3ccccc3C2O)c(O)c(C(C)(C)C)c1. The predicted octanol–water partition coefficient (Wildman–Crippen LogP) is 5.69. The fourth-order valence-corrected chi connectivity index (χ4v) is 3.47. The van der Waals surface area contributed by atoms with Gasteiger partial charge in [-0.25, -0.2) is 0 Å². The molecule has 2 aromatic rings. The lowest BCUT2D eigenvalue weighted by Gasteiger charge is -2.27. The highest BCUT2D eigenvalue weighted by Crippen LogP contribution is 2.38. The van der Waals surface area contributed by atoms with Crippen molar-refractivity contribution in [3.05, 3.63) is 70.3 Å². The molecule has 0 saturated heterocycles. The molecule has 0 spiro atoms. The van der Waals surface area contributed by atoms with Gasteiger partial charge in [0.15, 0.2) is 0 Å². The van der Waals surface area contributed by atoms with Crippen molar-refractivity contribution in [1.82, 2.24) is 0 Å². The minimum Gasteiger partial charge on any atom is -0.507 e. The monoisotopic (exact) mass is 377 g/mol. The molecule has 0 amide bonds. The van der Waals surface area contributed by atoms with Crippen LogP contribution in [0.5, 0.6) is 5.75 Å². The zero-order valence-corrected chi connectivity index (χ0v) is 17.7. The molecule has 148 valence electrons. The minimum absolute atomic E-state index is 0.0290. The molecule has 3 nitrogen and oxygen atoms in total. The van der Waals surface area contributed by atoms with Gasteiger partial charge in [-0.1, -0.05) is 78.0 Å². The highest BCUT2D eigenvalue weighted by Gasteiger charge is 2.25. The van der Waals surface area contributed by atoms with Gasteiger partial charge in [-0.15, -0.1) is 0 Å². The fourth-order valence-electron chi connectivity index (χ4n) is 3.47. The van der Waals surface area contributed by atoms with Gasteiger partial charge in [-0.05, 0) is 45.2 Å². The zero-order chi connectivity index (χ0) is 20.7. The van der Waals surface area contributed by atoms with Crippen molar-refractivity contribution in [3.63, 3.8) is 0 Å². The second kappa shape index (κ2) is 7.21. The molecular formula is C25H31NO2. The van der Waals surface area contributed by atoms with Crippen LogP contribution in [0.15, 0.2) is 47.5 Å². The van der Waals surface area contributed by atoms with Gasteiger partial charge in [0.1, 0.15) is 11.9 Å². The molecule has 3 heteroatoms. The lowest BCUT2D eigenvalue weighted by Crippen LogP contribution is -2.18. The van der Waals surface area contributed by atoms with E-state index in [2.05, 4.69) is 52.6 Å². The Morgan fingerprint density at radius 1 is 0.929 bits per heavy atom. The van der Waals surface area contributed by atoms with E-state index in [0.717, 1.165) is 22.3 Å². The Morgan fingerprint density at radius 3 is 2.25 bits per heavy atom. The van der Waals surface area contributed by atoms with E-state index < -0.39 is 6.10 Å². The van der Waals surface area contributed by atoms with Crippen molar-refractivity contribution < 1.29 is 10.2 Å². The Kier molecular flexibility index (Phi) is 5.24. The van der Waals surface area contributed by atoms with E-state index in [0.29, 0.717) is 18.0 Å². The molecule has 0 aromatic heterocycles. The van der Waals surface area contributed by atoms with Crippen LogP contribution < -0.4 is 0 Å². The number of benzene rings is 2. The number of aliphatic imine (C=N–C) groups is 1. The van der Waals surface area contributed by atoms with Crippen molar-refractivity contribution in [3.8, 4) is 5.75 Å². The molecule has 0 aliphatic heterocycles. The van der Waals surface area contributed by atoms with Crippen molar-refractivity contribution in [2.24, 2.45) is 4.99 Å². The normalized spacial score (nSPS) is 18.4. The number of hydrogen-bond acceptors (Lipinski definition) is 3. The van der Waals surface area contributed by atoms with Crippen LogP contribution in [0.3, 0.4) is 0 Å². The summed E-state index contributed by atoms with van der Waals surface area (Å²) >= 11 is 0. The molecule has 2 N–H and O–H groups in total. The summed E-state index contributed by atoms with van der Waals surface area (Å²) in [6.07, 6.45) is 3.10. The van der Waals surface area contributed by atoms with E-state index in [1.807, 2.05) is 42.5 Å². The topological polar surface area (TPSA) is 52.8 Å². The maximum Gasteiger partial charge on any atom is 0.124 e. The van der Waals surface area contributed by atoms with Crippen LogP contribution in [0.25, 0.3) is 6.08 Å². The average molecular weight is 378 g/mol. The van der Waals surface area contributed by atoms with Gasteiger partial charge in [0.25, 0.3) is 0 Å². The van der Waals surface area contributed by atoms with Gasteiger partial charge in [0.05, 0.1) is 12.3 Å². The van der Waals surface area contributed by atoms with Crippen molar-refractivity contribution in [2.45, 2.75) is 65.0 Å². The number of rotatable bonds is 2. The van der Waals surface area contributed by atoms with E-state index >= 15 is 0 Å². The van der Waals surface area contributed by atoms with Crippen molar-refractivity contribution in [1.29, 1.82) is 0 Å². The van der Waals surface area contributed by atoms with Gasteiger partial charge in [-0.2, -0.15) is 0 Å². The van der Waals surface area contributed by atoms with Crippen LogP contribution in [0, 0.1) is 0 Å². The van der Waals surface area contributed by atoms with Gasteiger partial charge in [0.2, 0.25) is 0 Å². The fraction of sp³-hybridized carbons (Fsp3) is 0.400. The average Bonchev–Trinajstić information content (AvgIpc) is 2.60. The predicted molar refractivity (Wildman–Crippen MR) is 117 cm³/mol. The second-order valence-corrected chi connectivity index (χ2v) is 9.64. The standard InChI is InChI=1S/C25H31NO2/c1-24(2,3)18-13-17(22(27)20(14-18)25(4,5)6)15-26-21-12-11-16-9-7-8-10-19(16)23(21)28/h7-14,23,27-28H,15H2,1-6H3. The Bertz CT molecular complexity index is 940. The number of aliphatic hydroxyl groups excluding tert-OH is 1. The maximum atomic E-state index is 10.9. The molecule has 2 aromatic carbocycles. The maximum absolute atomic E-state index is 10.9. The molecule has 0 fully saturated rings. The highest BCUT2D eigenvalue weighted by atomic mass is 16.3. The Hall–Kier alpha value is -2.39. The number of hydrogen-bond donors (Lipinski definition) is 2. The summed E-state index contributed by atoms with van der Waals surface area (Å²) in [4.78, 5) is 4.66. The van der Waals surface area contributed by atoms with Gasteiger partial charge in [0, 0.05) is 5.56 Å². The van der Waals surface area contributed by atoms with Crippen LogP contribution in [0.4, 0.5) is 0 Å². The first kappa shape index (κ1) is 20.3. The number of phenols is 1. The summed E-state index contributed by atoms with van der Waals surface area (Å²) in [6, 6.07) is 11.9. The molecule has 0 radical (unpaired) electrons. The van der Waals surface area contributed by atoms with Crippen LogP contribution in [-0.4, -0.2) is 15.9 Å². The van der Waals surface area contributed by atoms with Crippen LogP contribution in [0.1, 0.15) is 75.5 Å². The molecule has 0 saturated carbocycles. The Balaban J connectivity index is 2.00. The molecular weight excluding hydrogens is 346 g/mol. The van der Waals surface area contributed by atoms with Crippen LogP contribution >= 0.6 is 0 Å². The molecule has 0 bridgehead atoms. The third-order valence-corrected chi connectivity index (χ3v) is 5.30. The van der Waals surface area contributed by atoms with Gasteiger partial charge >= 0.3 is 0 Å². The van der Waals surface area contributed by atoms with Crippen LogP contribution in [0.2, 0.25) is 0 Å². The first-order chi connectivity index (χ1) is 13.0. The summed E-state index contributed by atoms with van der Waals surface area (Å²) in [7, 11) is 0. The zero-order valence-electron chi connectivity index (χ0n) is 17.7. The first-order valence-electron chi connectivity index (χ1n) is 9.85. The van der Waals surface area contributed by atoms with E-state index in [-0.39, 0.29) is 10.8 Å². The van der Waals surface area contributed by atoms with E-state index in [4.69, 9.17) is 0 Å². The Labute approximate surface area is 168 Å². The first-order valence-corrected chi connectivity index (χ1v) is 9.85. The van der Waals surface area contributed by atoms with Gasteiger partial charge < -0.3 is 10.2 Å². The molecule has 28 heavy (non-hydrogen) atoms. The number of phenolic OH excluding ortho intramolecular Hbond substituents is 1. The minimum atomic E-state index is -0.740. The number of aliphatic hydroxyl groups is 1. The Morgan fingerprint density at radius 2 is 1.61 bits per heavy atom. The van der Waals surface area contributed by atoms with Gasteiger partial charge in [-0.3, -0.25) is 4.99 Å². The van der Waals surface area contributed by atoms with E-state index in [9.17, 15) is 10.2 Å². The third-order valence-electron chi connectivity index (χ3n) is 5.30. The highest BCUT2D eigenvalue weighted by molar-refractivity contribution is 6.04. The molecule has 3 rings (SSSR count). The summed E-state index contributed by atoms with van der Waals surface area (Å²) in [6.45, 7) is 13.2. The second-order valence-electron chi connectivity index (χ2n) is 9.64. The van der Waals surface area contributed by atoms with E-state index in [1.165, 1.54) is 5.56 Å². The molecule has 1 aliphatic rings. The summed E-state index contributed by atoms with van der Waals surface area (Å²) < 4.78 is 0. The lowest BCUT2D eigenvalue weighted by atomic mass is 9.79. The number of aromatic hydroxyl groups is 1. The number of fused-ring (bicyclic) bond motifs is 1. The lowest BCUT2D eigenvalue weighted by molar-refractivity contribution is 0.247. The summed E-state index contributed by atoms with van der Waals surface area (Å²) in [5.74, 6) is 0.305. The van der Waals surface area contributed by atoms with Crippen LogP contribution in [-0.2, 0) is 17.4 Å².